The molecule has 0 aliphatic heterocycles. The van der Waals surface area contributed by atoms with Crippen LogP contribution in [0.1, 0.15) is 27.2 Å². The molecule has 0 atom stereocenters. The lowest BCUT2D eigenvalue weighted by Crippen LogP contribution is -2.18. The number of ether oxygens (including phenoxy) is 1. The molecule has 6 heteroatoms. The van der Waals surface area contributed by atoms with Gasteiger partial charge in [-0.2, -0.15) is 5.10 Å². The first-order valence-corrected chi connectivity index (χ1v) is 6.46. The Morgan fingerprint density at radius 1 is 1.24 bits per heavy atom. The molecule has 1 heterocycles. The number of H-pyrrole nitrogens is 1. The Bertz CT molecular complexity index is 730. The molecular weight excluding hydrogens is 270 g/mol. The quantitative estimate of drug-likeness (QED) is 0.903. The van der Waals surface area contributed by atoms with Crippen molar-refractivity contribution in [2.75, 3.05) is 12.4 Å². The molecule has 0 radical (unpaired) electrons. The molecule has 0 aliphatic rings. The highest BCUT2D eigenvalue weighted by atomic mass is 16.5. The van der Waals surface area contributed by atoms with Gasteiger partial charge in [0.05, 0.1) is 7.11 Å². The standard InChI is InChI=1S/C15H17N3O3/c1-8-7-12(9(2)10(3)14(8)21-4)16-15(20)11-5-6-13(19)18-17-11/h5-7H,1-4H3,(H,16,20)(H,18,19). The summed E-state index contributed by atoms with van der Waals surface area (Å²) >= 11 is 0. The number of methoxy groups -OCH3 is 1. The molecular formula is C15H17N3O3. The SMILES string of the molecule is COc1c(C)cc(NC(=O)c2ccc(=O)[nH]n2)c(C)c1C. The fourth-order valence-electron chi connectivity index (χ4n) is 2.16. The van der Waals surface area contributed by atoms with Gasteiger partial charge < -0.3 is 10.1 Å². The lowest BCUT2D eigenvalue weighted by Gasteiger charge is -2.16. The summed E-state index contributed by atoms with van der Waals surface area (Å²) in [5, 5.41) is 8.74. The summed E-state index contributed by atoms with van der Waals surface area (Å²) in [5.41, 5.74) is 3.34. The predicted octanol–water partition coefficient (Wildman–Crippen LogP) is 1.96. The van der Waals surface area contributed by atoms with Crippen molar-refractivity contribution in [1.29, 1.82) is 0 Å². The van der Waals surface area contributed by atoms with E-state index in [9.17, 15) is 9.59 Å². The van der Waals surface area contributed by atoms with Gasteiger partial charge in [-0.15, -0.1) is 0 Å². The zero-order valence-corrected chi connectivity index (χ0v) is 12.4. The van der Waals surface area contributed by atoms with E-state index in [2.05, 4.69) is 15.5 Å². The van der Waals surface area contributed by atoms with Crippen LogP contribution >= 0.6 is 0 Å². The van der Waals surface area contributed by atoms with Gasteiger partial charge in [-0.05, 0) is 49.6 Å². The number of carbonyl (C=O) groups is 1. The van der Waals surface area contributed by atoms with E-state index in [4.69, 9.17) is 4.74 Å². The minimum atomic E-state index is -0.377. The zero-order chi connectivity index (χ0) is 15.6. The normalized spacial score (nSPS) is 10.3. The van der Waals surface area contributed by atoms with Crippen molar-refractivity contribution in [3.8, 4) is 5.75 Å². The van der Waals surface area contributed by atoms with Crippen LogP contribution in [0.4, 0.5) is 5.69 Å². The molecule has 0 saturated carbocycles. The van der Waals surface area contributed by atoms with E-state index in [0.29, 0.717) is 5.69 Å². The Labute approximate surface area is 122 Å². The largest absolute Gasteiger partial charge is 0.496 e. The van der Waals surface area contributed by atoms with Crippen LogP contribution in [0.25, 0.3) is 0 Å². The molecule has 21 heavy (non-hydrogen) atoms. The topological polar surface area (TPSA) is 84.1 Å². The highest BCUT2D eigenvalue weighted by molar-refractivity contribution is 6.03. The molecule has 6 nitrogen and oxygen atoms in total. The molecule has 2 rings (SSSR count). The number of aromatic nitrogens is 2. The number of aromatic amines is 1. The van der Waals surface area contributed by atoms with Crippen LogP contribution in [0.5, 0.6) is 5.75 Å². The van der Waals surface area contributed by atoms with Crippen molar-refractivity contribution in [3.63, 3.8) is 0 Å². The third-order valence-corrected chi connectivity index (χ3v) is 3.39. The summed E-state index contributed by atoms with van der Waals surface area (Å²) in [5.74, 6) is 0.436. The Hall–Kier alpha value is -2.63. The fourth-order valence-corrected chi connectivity index (χ4v) is 2.16. The zero-order valence-electron chi connectivity index (χ0n) is 12.4. The molecule has 110 valence electrons. The highest BCUT2D eigenvalue weighted by Crippen LogP contribution is 2.31. The molecule has 0 aliphatic carbocycles. The average molecular weight is 287 g/mol. The predicted molar refractivity (Wildman–Crippen MR) is 80.0 cm³/mol. The van der Waals surface area contributed by atoms with Crippen LogP contribution in [0.15, 0.2) is 23.0 Å². The average Bonchev–Trinajstić information content (AvgIpc) is 2.45. The van der Waals surface area contributed by atoms with E-state index in [1.54, 1.807) is 7.11 Å². The third kappa shape index (κ3) is 2.94. The number of benzene rings is 1. The number of aryl methyl sites for hydroxylation is 1. The highest BCUT2D eigenvalue weighted by Gasteiger charge is 2.14. The van der Waals surface area contributed by atoms with Crippen molar-refractivity contribution >= 4 is 11.6 Å². The number of nitrogens with one attached hydrogen (secondary N) is 2. The summed E-state index contributed by atoms with van der Waals surface area (Å²) in [6, 6.07) is 4.50. The summed E-state index contributed by atoms with van der Waals surface area (Å²) in [6.45, 7) is 5.77. The second-order valence-electron chi connectivity index (χ2n) is 4.78. The van der Waals surface area contributed by atoms with Crippen LogP contribution in [-0.2, 0) is 0 Å². The van der Waals surface area contributed by atoms with Crippen molar-refractivity contribution < 1.29 is 9.53 Å². The van der Waals surface area contributed by atoms with E-state index < -0.39 is 0 Å². The number of hydrogen-bond acceptors (Lipinski definition) is 4. The van der Waals surface area contributed by atoms with Crippen molar-refractivity contribution in [1.82, 2.24) is 10.2 Å². The van der Waals surface area contributed by atoms with Crippen LogP contribution in [-0.4, -0.2) is 23.2 Å². The first kappa shape index (κ1) is 14.8. The number of rotatable bonds is 3. The number of amides is 1. The Kier molecular flexibility index (Phi) is 4.07. The summed E-state index contributed by atoms with van der Waals surface area (Å²) < 4.78 is 5.35. The van der Waals surface area contributed by atoms with Gasteiger partial charge in [-0.1, -0.05) is 0 Å². The van der Waals surface area contributed by atoms with Crippen molar-refractivity contribution in [2.24, 2.45) is 0 Å². The van der Waals surface area contributed by atoms with Crippen LogP contribution < -0.4 is 15.6 Å². The first-order chi connectivity index (χ1) is 9.93. The summed E-state index contributed by atoms with van der Waals surface area (Å²) in [6.07, 6.45) is 0. The minimum Gasteiger partial charge on any atom is -0.496 e. The van der Waals surface area contributed by atoms with Crippen LogP contribution in [0, 0.1) is 20.8 Å². The van der Waals surface area contributed by atoms with Gasteiger partial charge in [-0.3, -0.25) is 9.59 Å². The van der Waals surface area contributed by atoms with E-state index in [0.717, 1.165) is 22.4 Å². The third-order valence-electron chi connectivity index (χ3n) is 3.39. The molecule has 1 aromatic heterocycles. The first-order valence-electron chi connectivity index (χ1n) is 6.46. The number of carbonyl (C=O) groups excluding carboxylic acids is 1. The number of anilines is 1. The number of hydrogen-bond donors (Lipinski definition) is 2. The molecule has 1 amide bonds. The van der Waals surface area contributed by atoms with Gasteiger partial charge in [0.1, 0.15) is 11.4 Å². The summed E-state index contributed by atoms with van der Waals surface area (Å²) in [7, 11) is 1.62. The minimum absolute atomic E-state index is 0.153. The number of nitrogens with zero attached hydrogens (tertiary/aromatic N) is 1. The maximum Gasteiger partial charge on any atom is 0.276 e. The van der Waals surface area contributed by atoms with Crippen molar-refractivity contribution in [3.05, 3.63) is 50.9 Å². The molecule has 0 bridgehead atoms. The second-order valence-corrected chi connectivity index (χ2v) is 4.78. The van der Waals surface area contributed by atoms with E-state index >= 15 is 0 Å². The van der Waals surface area contributed by atoms with Gasteiger partial charge >= 0.3 is 0 Å². The lowest BCUT2D eigenvalue weighted by atomic mass is 10.0. The smallest absolute Gasteiger partial charge is 0.276 e. The van der Waals surface area contributed by atoms with Gasteiger partial charge in [0.2, 0.25) is 0 Å². The van der Waals surface area contributed by atoms with Gasteiger partial charge in [0, 0.05) is 11.8 Å². The van der Waals surface area contributed by atoms with E-state index in [1.165, 1.54) is 12.1 Å². The van der Waals surface area contributed by atoms with Gasteiger partial charge in [0.25, 0.3) is 11.5 Å². The summed E-state index contributed by atoms with van der Waals surface area (Å²) in [4.78, 5) is 23.1. The molecule has 0 spiro atoms. The second kappa shape index (κ2) is 5.78. The van der Waals surface area contributed by atoms with Gasteiger partial charge in [0.15, 0.2) is 0 Å². The molecule has 2 aromatic rings. The maximum atomic E-state index is 12.1. The molecule has 0 fully saturated rings. The van der Waals surface area contributed by atoms with Gasteiger partial charge in [-0.25, -0.2) is 5.10 Å². The molecule has 1 aromatic carbocycles. The van der Waals surface area contributed by atoms with E-state index in [-0.39, 0.29) is 17.2 Å². The Balaban J connectivity index is 2.33. The van der Waals surface area contributed by atoms with Crippen LogP contribution in [0.3, 0.4) is 0 Å². The molecule has 0 saturated heterocycles. The Morgan fingerprint density at radius 3 is 2.52 bits per heavy atom. The fraction of sp³-hybridized carbons (Fsp3) is 0.267. The maximum absolute atomic E-state index is 12.1. The monoisotopic (exact) mass is 287 g/mol. The lowest BCUT2D eigenvalue weighted by molar-refractivity contribution is 0.102. The molecule has 2 N–H and O–H groups in total. The Morgan fingerprint density at radius 2 is 1.95 bits per heavy atom. The molecule has 0 unspecified atom stereocenters. The van der Waals surface area contributed by atoms with Crippen molar-refractivity contribution in [2.45, 2.75) is 20.8 Å². The van der Waals surface area contributed by atoms with Crippen LogP contribution in [0.2, 0.25) is 0 Å². The van der Waals surface area contributed by atoms with E-state index in [1.807, 2.05) is 26.8 Å².